The maximum Gasteiger partial charge on any atom is 0.324 e. The van der Waals surface area contributed by atoms with Gasteiger partial charge in [0.2, 0.25) is 0 Å². The first-order valence-electron chi connectivity index (χ1n) is 4.24. The van der Waals surface area contributed by atoms with Crippen molar-refractivity contribution in [1.82, 2.24) is 4.90 Å². The van der Waals surface area contributed by atoms with E-state index in [2.05, 4.69) is 0 Å². The van der Waals surface area contributed by atoms with Crippen LogP contribution in [-0.2, 0) is 6.54 Å². The Morgan fingerprint density at radius 2 is 2.43 bits per heavy atom. The first-order valence-corrected chi connectivity index (χ1v) is 5.12. The van der Waals surface area contributed by atoms with E-state index in [0.29, 0.717) is 13.1 Å². The summed E-state index contributed by atoms with van der Waals surface area (Å²) in [6.45, 7) is 2.11. The Hall–Kier alpha value is -0.980. The SMILES string of the molecule is CN(CCN)Cc1csc([N+](=O)[O-])c1. The lowest BCUT2D eigenvalue weighted by atomic mass is 10.3. The van der Waals surface area contributed by atoms with Crippen molar-refractivity contribution in [3.05, 3.63) is 27.1 Å². The maximum atomic E-state index is 10.4. The third-order valence-corrected chi connectivity index (χ3v) is 2.71. The van der Waals surface area contributed by atoms with Crippen molar-refractivity contribution in [3.8, 4) is 0 Å². The Balaban J connectivity index is 2.55. The fourth-order valence-electron chi connectivity index (χ4n) is 1.15. The van der Waals surface area contributed by atoms with Gasteiger partial charge in [-0.15, -0.1) is 0 Å². The van der Waals surface area contributed by atoms with Crippen LogP contribution in [-0.4, -0.2) is 30.0 Å². The van der Waals surface area contributed by atoms with E-state index in [1.165, 1.54) is 0 Å². The van der Waals surface area contributed by atoms with E-state index >= 15 is 0 Å². The molecule has 0 unspecified atom stereocenters. The molecule has 0 spiro atoms. The Bertz CT molecular complexity index is 313. The number of likely N-dealkylation sites (N-methyl/N-ethyl adjacent to an activating group) is 1. The summed E-state index contributed by atoms with van der Waals surface area (Å²) in [5.41, 5.74) is 6.36. The van der Waals surface area contributed by atoms with Gasteiger partial charge in [0.1, 0.15) is 0 Å². The number of nitro groups is 1. The molecule has 0 aliphatic heterocycles. The summed E-state index contributed by atoms with van der Waals surface area (Å²) < 4.78 is 0. The summed E-state index contributed by atoms with van der Waals surface area (Å²) in [4.78, 5) is 12.1. The fourth-order valence-corrected chi connectivity index (χ4v) is 1.87. The molecule has 0 amide bonds. The number of hydrogen-bond donors (Lipinski definition) is 1. The number of hydrogen-bond acceptors (Lipinski definition) is 5. The van der Waals surface area contributed by atoms with Gasteiger partial charge in [-0.25, -0.2) is 0 Å². The highest BCUT2D eigenvalue weighted by Gasteiger charge is 2.10. The molecule has 2 N–H and O–H groups in total. The lowest BCUT2D eigenvalue weighted by Crippen LogP contribution is -2.24. The van der Waals surface area contributed by atoms with E-state index in [4.69, 9.17) is 5.73 Å². The van der Waals surface area contributed by atoms with Crippen LogP contribution in [0.25, 0.3) is 0 Å². The predicted octanol–water partition coefficient (Wildman–Crippen LogP) is 1.05. The monoisotopic (exact) mass is 215 g/mol. The van der Waals surface area contributed by atoms with Gasteiger partial charge in [0.25, 0.3) is 0 Å². The standard InChI is InChI=1S/C8H13N3O2S/c1-10(3-2-9)5-7-4-8(11(12)13)14-6-7/h4,6H,2-3,5,9H2,1H3. The van der Waals surface area contributed by atoms with Crippen molar-refractivity contribution in [2.45, 2.75) is 6.54 Å². The highest BCUT2D eigenvalue weighted by molar-refractivity contribution is 7.13. The average Bonchev–Trinajstić information content (AvgIpc) is 2.53. The third kappa shape index (κ3) is 3.06. The second-order valence-electron chi connectivity index (χ2n) is 3.08. The van der Waals surface area contributed by atoms with E-state index in [1.54, 1.807) is 6.07 Å². The smallest absolute Gasteiger partial charge is 0.324 e. The second kappa shape index (κ2) is 5.04. The molecule has 0 fully saturated rings. The van der Waals surface area contributed by atoms with Crippen molar-refractivity contribution in [2.24, 2.45) is 5.73 Å². The molecular weight excluding hydrogens is 202 g/mol. The van der Waals surface area contributed by atoms with Crippen LogP contribution in [0.1, 0.15) is 5.56 Å². The van der Waals surface area contributed by atoms with Crippen LogP contribution in [0.4, 0.5) is 5.00 Å². The molecule has 0 bridgehead atoms. The van der Waals surface area contributed by atoms with Crippen molar-refractivity contribution in [1.29, 1.82) is 0 Å². The van der Waals surface area contributed by atoms with Gasteiger partial charge in [-0.3, -0.25) is 10.1 Å². The Morgan fingerprint density at radius 3 is 2.93 bits per heavy atom. The average molecular weight is 215 g/mol. The summed E-state index contributed by atoms with van der Waals surface area (Å²) in [5.74, 6) is 0. The highest BCUT2D eigenvalue weighted by atomic mass is 32.1. The van der Waals surface area contributed by atoms with Crippen molar-refractivity contribution in [2.75, 3.05) is 20.1 Å². The van der Waals surface area contributed by atoms with Gasteiger partial charge in [0.15, 0.2) is 0 Å². The Morgan fingerprint density at radius 1 is 1.71 bits per heavy atom. The minimum absolute atomic E-state index is 0.196. The molecule has 0 aliphatic carbocycles. The van der Waals surface area contributed by atoms with E-state index in [1.807, 2.05) is 17.3 Å². The number of nitrogens with two attached hydrogens (primary N) is 1. The molecule has 14 heavy (non-hydrogen) atoms. The Labute approximate surface area is 86.3 Å². The van der Waals surface area contributed by atoms with E-state index in [9.17, 15) is 10.1 Å². The van der Waals surface area contributed by atoms with Crippen LogP contribution in [0.3, 0.4) is 0 Å². The van der Waals surface area contributed by atoms with Crippen LogP contribution in [0.5, 0.6) is 0 Å². The molecule has 0 atom stereocenters. The zero-order valence-corrected chi connectivity index (χ0v) is 8.79. The maximum absolute atomic E-state index is 10.4. The van der Waals surface area contributed by atoms with E-state index in [0.717, 1.165) is 23.4 Å². The van der Waals surface area contributed by atoms with Crippen molar-refractivity contribution in [3.63, 3.8) is 0 Å². The van der Waals surface area contributed by atoms with Crippen LogP contribution in [0, 0.1) is 10.1 Å². The topological polar surface area (TPSA) is 72.4 Å². The first-order chi connectivity index (χ1) is 6.63. The van der Waals surface area contributed by atoms with Crippen molar-refractivity contribution >= 4 is 16.3 Å². The van der Waals surface area contributed by atoms with Gasteiger partial charge in [0.05, 0.1) is 4.92 Å². The largest absolute Gasteiger partial charge is 0.329 e. The molecule has 78 valence electrons. The summed E-state index contributed by atoms with van der Waals surface area (Å²) in [6, 6.07) is 1.61. The number of thiophene rings is 1. The lowest BCUT2D eigenvalue weighted by molar-refractivity contribution is -0.380. The molecule has 1 aromatic rings. The Kier molecular flexibility index (Phi) is 3.99. The highest BCUT2D eigenvalue weighted by Crippen LogP contribution is 2.23. The molecule has 6 heteroatoms. The zero-order chi connectivity index (χ0) is 10.6. The molecule has 1 heterocycles. The van der Waals surface area contributed by atoms with Gasteiger partial charge in [-0.05, 0) is 12.6 Å². The van der Waals surface area contributed by atoms with Crippen molar-refractivity contribution < 1.29 is 4.92 Å². The van der Waals surface area contributed by atoms with Gasteiger partial charge in [-0.1, -0.05) is 11.3 Å². The van der Waals surface area contributed by atoms with Crippen LogP contribution < -0.4 is 5.73 Å². The number of nitrogens with zero attached hydrogens (tertiary/aromatic N) is 2. The minimum Gasteiger partial charge on any atom is -0.329 e. The van der Waals surface area contributed by atoms with Crippen LogP contribution in [0.15, 0.2) is 11.4 Å². The molecule has 1 rings (SSSR count). The van der Waals surface area contributed by atoms with Gasteiger partial charge < -0.3 is 10.6 Å². The van der Waals surface area contributed by atoms with Crippen LogP contribution in [0.2, 0.25) is 0 Å². The summed E-state index contributed by atoms with van der Waals surface area (Å²) in [6.07, 6.45) is 0. The zero-order valence-electron chi connectivity index (χ0n) is 7.97. The molecule has 0 aromatic carbocycles. The predicted molar refractivity (Wildman–Crippen MR) is 56.4 cm³/mol. The first kappa shape index (κ1) is 11.1. The van der Waals surface area contributed by atoms with E-state index < -0.39 is 0 Å². The van der Waals surface area contributed by atoms with Gasteiger partial charge >= 0.3 is 5.00 Å². The summed E-state index contributed by atoms with van der Waals surface area (Å²) in [7, 11) is 1.94. The number of rotatable bonds is 5. The molecule has 0 aliphatic rings. The quantitative estimate of drug-likeness (QED) is 0.588. The molecular formula is C8H13N3O2S. The summed E-state index contributed by atoms with van der Waals surface area (Å²) in [5, 5.41) is 12.4. The van der Waals surface area contributed by atoms with Crippen LogP contribution >= 0.6 is 11.3 Å². The fraction of sp³-hybridized carbons (Fsp3) is 0.500. The van der Waals surface area contributed by atoms with E-state index in [-0.39, 0.29) is 9.92 Å². The normalized spacial score (nSPS) is 10.8. The third-order valence-electron chi connectivity index (χ3n) is 1.78. The minimum atomic E-state index is -0.364. The molecule has 0 saturated heterocycles. The second-order valence-corrected chi connectivity index (χ2v) is 3.97. The van der Waals surface area contributed by atoms with Gasteiger partial charge in [-0.2, -0.15) is 0 Å². The molecule has 5 nitrogen and oxygen atoms in total. The summed E-state index contributed by atoms with van der Waals surface area (Å²) >= 11 is 1.16. The molecule has 0 saturated carbocycles. The molecule has 0 radical (unpaired) electrons. The van der Waals surface area contributed by atoms with Gasteiger partial charge in [0, 0.05) is 31.1 Å². The molecule has 1 aromatic heterocycles. The lowest BCUT2D eigenvalue weighted by Gasteiger charge is -2.13.